The topological polar surface area (TPSA) is 68.1 Å². The zero-order valence-electron chi connectivity index (χ0n) is 12.0. The minimum absolute atomic E-state index is 0.0727. The van der Waals surface area contributed by atoms with Crippen molar-refractivity contribution in [3.63, 3.8) is 0 Å². The van der Waals surface area contributed by atoms with E-state index in [0.717, 1.165) is 11.3 Å². The van der Waals surface area contributed by atoms with E-state index in [9.17, 15) is 8.42 Å². The zero-order valence-corrected chi connectivity index (χ0v) is 12.9. The minimum atomic E-state index is -3.15. The largest absolute Gasteiger partial charge is 0.246 e. The second kappa shape index (κ2) is 5.23. The van der Waals surface area contributed by atoms with Gasteiger partial charge in [-0.05, 0) is 13.8 Å². The summed E-state index contributed by atoms with van der Waals surface area (Å²) in [7, 11) is -3.15. The maximum Gasteiger partial charge on any atom is 0.216 e. The van der Waals surface area contributed by atoms with Gasteiger partial charge < -0.3 is 0 Å². The molecule has 0 bridgehead atoms. The molecule has 1 aromatic heterocycles. The molecule has 1 aliphatic heterocycles. The van der Waals surface area contributed by atoms with Crippen LogP contribution >= 0.6 is 0 Å². The molecule has 6 nitrogen and oxygen atoms in total. The van der Waals surface area contributed by atoms with E-state index in [1.54, 1.807) is 18.5 Å². The molecule has 1 saturated heterocycles. The molecule has 0 N–H and O–H groups in total. The first-order chi connectivity index (χ1) is 9.98. The normalized spacial score (nSPS) is 17.1. The van der Waals surface area contributed by atoms with E-state index in [1.165, 1.54) is 4.31 Å². The first-order valence-corrected chi connectivity index (χ1v) is 8.45. The number of benzene rings is 1. The maximum atomic E-state index is 12.0. The lowest BCUT2D eigenvalue weighted by Gasteiger charge is -2.38. The van der Waals surface area contributed by atoms with E-state index in [2.05, 4.69) is 10.3 Å². The van der Waals surface area contributed by atoms with E-state index in [-0.39, 0.29) is 11.3 Å². The van der Waals surface area contributed by atoms with Gasteiger partial charge in [-0.3, -0.25) is 0 Å². The van der Waals surface area contributed by atoms with Gasteiger partial charge in [0.2, 0.25) is 10.0 Å². The highest BCUT2D eigenvalue weighted by molar-refractivity contribution is 7.89. The number of aromatic nitrogens is 3. The van der Waals surface area contributed by atoms with Crippen LogP contribution in [0, 0.1) is 0 Å². The predicted molar refractivity (Wildman–Crippen MR) is 80.1 cm³/mol. The fraction of sp³-hybridized carbons (Fsp3) is 0.429. The van der Waals surface area contributed by atoms with Crippen LogP contribution in [0.15, 0.2) is 36.5 Å². The molecule has 1 aromatic carbocycles. The van der Waals surface area contributed by atoms with Crippen molar-refractivity contribution in [1.82, 2.24) is 19.3 Å². The van der Waals surface area contributed by atoms with Crippen LogP contribution in [0.5, 0.6) is 0 Å². The molecule has 3 rings (SSSR count). The third kappa shape index (κ3) is 2.58. The van der Waals surface area contributed by atoms with E-state index in [4.69, 9.17) is 0 Å². The number of sulfonamides is 1. The molecule has 21 heavy (non-hydrogen) atoms. The molecule has 7 heteroatoms. The summed E-state index contributed by atoms with van der Waals surface area (Å²) in [4.78, 5) is 0. The SMILES string of the molecule is CC(C)S(=O)(=O)N1CC(n2cc(-c3ccccc3)nn2)C1. The highest BCUT2D eigenvalue weighted by Crippen LogP contribution is 2.26. The van der Waals surface area contributed by atoms with Gasteiger partial charge in [0, 0.05) is 18.7 Å². The molecule has 2 aromatic rings. The molecule has 2 heterocycles. The third-order valence-corrected chi connectivity index (χ3v) is 5.95. The Kier molecular flexibility index (Phi) is 3.54. The Hall–Kier alpha value is -1.73. The summed E-state index contributed by atoms with van der Waals surface area (Å²) < 4.78 is 27.3. The van der Waals surface area contributed by atoms with Gasteiger partial charge in [-0.15, -0.1) is 5.10 Å². The maximum absolute atomic E-state index is 12.0. The quantitative estimate of drug-likeness (QED) is 0.859. The van der Waals surface area contributed by atoms with Crippen LogP contribution in [0.4, 0.5) is 0 Å². The van der Waals surface area contributed by atoms with Crippen LogP contribution in [0.3, 0.4) is 0 Å². The van der Waals surface area contributed by atoms with Crippen molar-refractivity contribution < 1.29 is 8.42 Å². The van der Waals surface area contributed by atoms with Crippen molar-refractivity contribution in [2.45, 2.75) is 25.1 Å². The molecule has 1 fully saturated rings. The number of rotatable bonds is 4. The molecule has 112 valence electrons. The van der Waals surface area contributed by atoms with Crippen molar-refractivity contribution in [2.24, 2.45) is 0 Å². The molecule has 0 unspecified atom stereocenters. The van der Waals surface area contributed by atoms with Gasteiger partial charge in [-0.1, -0.05) is 35.5 Å². The van der Waals surface area contributed by atoms with Crippen molar-refractivity contribution >= 4 is 10.0 Å². The summed E-state index contributed by atoms with van der Waals surface area (Å²) in [6.07, 6.45) is 1.87. The Balaban J connectivity index is 1.70. The Labute approximate surface area is 124 Å². The summed E-state index contributed by atoms with van der Waals surface area (Å²) in [6.45, 7) is 4.34. The monoisotopic (exact) mass is 306 g/mol. The molecule has 0 aliphatic carbocycles. The molecule has 0 radical (unpaired) electrons. The fourth-order valence-electron chi connectivity index (χ4n) is 2.29. The van der Waals surface area contributed by atoms with E-state index < -0.39 is 10.0 Å². The summed E-state index contributed by atoms with van der Waals surface area (Å²) in [6, 6.07) is 9.89. The Morgan fingerprint density at radius 2 is 1.86 bits per heavy atom. The summed E-state index contributed by atoms with van der Waals surface area (Å²) >= 11 is 0. The minimum Gasteiger partial charge on any atom is -0.246 e. The summed E-state index contributed by atoms with van der Waals surface area (Å²) in [5.74, 6) is 0. The standard InChI is InChI=1S/C14H18N4O2S/c1-11(2)21(19,20)17-8-13(9-17)18-10-14(15-16-18)12-6-4-3-5-7-12/h3-7,10-11,13H,8-9H2,1-2H3. The summed E-state index contributed by atoms with van der Waals surface area (Å²) in [5.41, 5.74) is 1.82. The van der Waals surface area contributed by atoms with Gasteiger partial charge in [0.1, 0.15) is 5.69 Å². The lowest BCUT2D eigenvalue weighted by molar-refractivity contribution is 0.187. The Morgan fingerprint density at radius 1 is 1.19 bits per heavy atom. The highest BCUT2D eigenvalue weighted by atomic mass is 32.2. The van der Waals surface area contributed by atoms with Gasteiger partial charge in [0.05, 0.1) is 17.5 Å². The Morgan fingerprint density at radius 3 is 2.48 bits per heavy atom. The van der Waals surface area contributed by atoms with Crippen molar-refractivity contribution in [3.8, 4) is 11.3 Å². The van der Waals surface area contributed by atoms with Crippen LogP contribution in [0.2, 0.25) is 0 Å². The number of hydrogen-bond acceptors (Lipinski definition) is 4. The fourth-order valence-corrected chi connectivity index (χ4v) is 3.64. The first-order valence-electron chi connectivity index (χ1n) is 6.94. The smallest absolute Gasteiger partial charge is 0.216 e. The van der Waals surface area contributed by atoms with Crippen LogP contribution in [-0.2, 0) is 10.0 Å². The average molecular weight is 306 g/mol. The van der Waals surface area contributed by atoms with E-state index >= 15 is 0 Å². The Bertz CT molecular complexity index is 718. The average Bonchev–Trinajstić information content (AvgIpc) is 2.87. The molecule has 0 atom stereocenters. The second-order valence-electron chi connectivity index (χ2n) is 5.51. The van der Waals surface area contributed by atoms with Gasteiger partial charge >= 0.3 is 0 Å². The van der Waals surface area contributed by atoms with E-state index in [1.807, 2.05) is 36.5 Å². The zero-order chi connectivity index (χ0) is 15.0. The van der Waals surface area contributed by atoms with Crippen LogP contribution in [0.1, 0.15) is 19.9 Å². The van der Waals surface area contributed by atoms with Gasteiger partial charge in [-0.2, -0.15) is 4.31 Å². The first kappa shape index (κ1) is 14.2. The lowest BCUT2D eigenvalue weighted by atomic mass is 10.1. The van der Waals surface area contributed by atoms with Gasteiger partial charge in [0.25, 0.3) is 0 Å². The van der Waals surface area contributed by atoms with Crippen molar-refractivity contribution in [1.29, 1.82) is 0 Å². The number of hydrogen-bond donors (Lipinski definition) is 0. The van der Waals surface area contributed by atoms with Gasteiger partial charge in [-0.25, -0.2) is 13.1 Å². The molecular formula is C14H18N4O2S. The predicted octanol–water partition coefficient (Wildman–Crippen LogP) is 1.54. The highest BCUT2D eigenvalue weighted by Gasteiger charge is 2.38. The third-order valence-electron chi connectivity index (χ3n) is 3.74. The summed E-state index contributed by atoms with van der Waals surface area (Å²) in [5, 5.41) is 7.90. The van der Waals surface area contributed by atoms with Gasteiger partial charge in [0.15, 0.2) is 0 Å². The number of nitrogens with zero attached hydrogens (tertiary/aromatic N) is 4. The molecule has 1 aliphatic rings. The molecule has 0 saturated carbocycles. The van der Waals surface area contributed by atoms with Crippen molar-refractivity contribution in [3.05, 3.63) is 36.5 Å². The second-order valence-corrected chi connectivity index (χ2v) is 8.00. The lowest BCUT2D eigenvalue weighted by Crippen LogP contribution is -2.52. The van der Waals surface area contributed by atoms with Crippen LogP contribution < -0.4 is 0 Å². The van der Waals surface area contributed by atoms with Crippen LogP contribution in [0.25, 0.3) is 11.3 Å². The van der Waals surface area contributed by atoms with Crippen molar-refractivity contribution in [2.75, 3.05) is 13.1 Å². The molecule has 0 spiro atoms. The molecular weight excluding hydrogens is 288 g/mol. The van der Waals surface area contributed by atoms with E-state index in [0.29, 0.717) is 13.1 Å². The van der Waals surface area contributed by atoms with Crippen LogP contribution in [-0.4, -0.2) is 46.1 Å². The molecule has 0 amide bonds.